The summed E-state index contributed by atoms with van der Waals surface area (Å²) in [6.45, 7) is 1.74. The zero-order valence-electron chi connectivity index (χ0n) is 10.7. The van der Waals surface area contributed by atoms with E-state index >= 15 is 0 Å². The zero-order valence-corrected chi connectivity index (χ0v) is 12.3. The summed E-state index contributed by atoms with van der Waals surface area (Å²) in [6, 6.07) is 4.93. The van der Waals surface area contributed by atoms with E-state index in [1.165, 1.54) is 11.6 Å². The van der Waals surface area contributed by atoms with Gasteiger partial charge in [-0.2, -0.15) is 0 Å². The van der Waals surface area contributed by atoms with Crippen molar-refractivity contribution in [2.24, 2.45) is 0 Å². The Balaban J connectivity index is 2.36. The number of ether oxygens (including phenoxy) is 1. The molecule has 0 amide bonds. The Morgan fingerprint density at radius 3 is 2.80 bits per heavy atom. The number of nitrogens with zero attached hydrogens (tertiary/aromatic N) is 2. The standard InChI is InChI=1S/C11H11N3O4S2/c1-7-4-3-5-8(13-7)14-20(16,17)11-9(10(15)18-2)12-6-19-11/h3-6H,1-2H3,(H,13,14). The monoisotopic (exact) mass is 313 g/mol. The van der Waals surface area contributed by atoms with Crippen LogP contribution in [0.1, 0.15) is 16.2 Å². The molecule has 9 heteroatoms. The number of nitrogens with one attached hydrogen (secondary N) is 1. The summed E-state index contributed by atoms with van der Waals surface area (Å²) >= 11 is 0.833. The lowest BCUT2D eigenvalue weighted by molar-refractivity contribution is 0.0590. The van der Waals surface area contributed by atoms with Gasteiger partial charge < -0.3 is 4.74 Å². The Morgan fingerprint density at radius 2 is 2.15 bits per heavy atom. The minimum Gasteiger partial charge on any atom is -0.464 e. The number of pyridine rings is 1. The second-order valence-electron chi connectivity index (χ2n) is 3.75. The Morgan fingerprint density at radius 1 is 1.40 bits per heavy atom. The number of thiazole rings is 1. The number of methoxy groups -OCH3 is 1. The molecule has 106 valence electrons. The molecule has 0 aromatic carbocycles. The van der Waals surface area contributed by atoms with Crippen LogP contribution in [0.15, 0.2) is 27.9 Å². The molecule has 2 aromatic heterocycles. The summed E-state index contributed by atoms with van der Waals surface area (Å²) in [7, 11) is -2.77. The van der Waals surface area contributed by atoms with Gasteiger partial charge in [0.15, 0.2) is 9.90 Å². The lowest BCUT2D eigenvalue weighted by atomic mass is 10.4. The summed E-state index contributed by atoms with van der Waals surface area (Å²) in [6.07, 6.45) is 0. The molecule has 0 bridgehead atoms. The van der Waals surface area contributed by atoms with E-state index < -0.39 is 16.0 Å². The highest BCUT2D eigenvalue weighted by Gasteiger charge is 2.26. The summed E-state index contributed by atoms with van der Waals surface area (Å²) in [5.41, 5.74) is 1.70. The predicted octanol–water partition coefficient (Wildman–Crippen LogP) is 1.43. The number of sulfonamides is 1. The van der Waals surface area contributed by atoms with Gasteiger partial charge >= 0.3 is 5.97 Å². The number of anilines is 1. The third kappa shape index (κ3) is 2.94. The Labute approximate surface area is 119 Å². The second kappa shape index (κ2) is 5.55. The van der Waals surface area contributed by atoms with E-state index in [9.17, 15) is 13.2 Å². The molecule has 0 saturated carbocycles. The molecule has 0 saturated heterocycles. The van der Waals surface area contributed by atoms with Crippen LogP contribution in [-0.2, 0) is 14.8 Å². The fraction of sp³-hybridized carbons (Fsp3) is 0.182. The molecule has 2 aromatic rings. The molecule has 20 heavy (non-hydrogen) atoms. The van der Waals surface area contributed by atoms with Crippen molar-refractivity contribution in [3.8, 4) is 0 Å². The van der Waals surface area contributed by atoms with Crippen molar-refractivity contribution in [1.29, 1.82) is 0 Å². The summed E-state index contributed by atoms with van der Waals surface area (Å²) < 4.78 is 31.1. The van der Waals surface area contributed by atoms with E-state index in [0.717, 1.165) is 18.4 Å². The summed E-state index contributed by atoms with van der Waals surface area (Å²) in [5.74, 6) is -0.627. The minimum atomic E-state index is -3.93. The van der Waals surface area contributed by atoms with E-state index in [2.05, 4.69) is 19.4 Å². The lowest BCUT2D eigenvalue weighted by Crippen LogP contribution is -2.16. The van der Waals surface area contributed by atoms with E-state index in [1.54, 1.807) is 19.1 Å². The number of esters is 1. The number of carbonyl (C=O) groups excluding carboxylic acids is 1. The van der Waals surface area contributed by atoms with Gasteiger partial charge in [-0.25, -0.2) is 23.2 Å². The normalized spacial score (nSPS) is 11.1. The molecule has 7 nitrogen and oxygen atoms in total. The quantitative estimate of drug-likeness (QED) is 0.857. The molecule has 0 unspecified atom stereocenters. The Kier molecular flexibility index (Phi) is 4.00. The molecule has 2 rings (SSSR count). The van der Waals surface area contributed by atoms with Crippen LogP contribution in [0.2, 0.25) is 0 Å². The van der Waals surface area contributed by atoms with Gasteiger partial charge in [0.2, 0.25) is 0 Å². The van der Waals surface area contributed by atoms with Crippen molar-refractivity contribution < 1.29 is 17.9 Å². The summed E-state index contributed by atoms with van der Waals surface area (Å²) in [4.78, 5) is 19.2. The largest absolute Gasteiger partial charge is 0.464 e. The maximum atomic E-state index is 12.2. The average molecular weight is 313 g/mol. The van der Waals surface area contributed by atoms with E-state index in [4.69, 9.17) is 0 Å². The first kappa shape index (κ1) is 14.4. The van der Waals surface area contributed by atoms with Gasteiger partial charge in [0.05, 0.1) is 12.6 Å². The van der Waals surface area contributed by atoms with E-state index in [0.29, 0.717) is 5.69 Å². The van der Waals surface area contributed by atoms with Gasteiger partial charge in [0.25, 0.3) is 10.0 Å². The smallest absolute Gasteiger partial charge is 0.358 e. The molecule has 0 aliphatic carbocycles. The average Bonchev–Trinajstić information content (AvgIpc) is 2.87. The number of hydrogen-bond donors (Lipinski definition) is 1. The fourth-order valence-electron chi connectivity index (χ4n) is 1.44. The van der Waals surface area contributed by atoms with Crippen LogP contribution < -0.4 is 4.72 Å². The van der Waals surface area contributed by atoms with Gasteiger partial charge in [-0.05, 0) is 19.1 Å². The number of hydrogen-bond acceptors (Lipinski definition) is 7. The minimum absolute atomic E-state index is 0.175. The zero-order chi connectivity index (χ0) is 14.8. The van der Waals surface area contributed by atoms with E-state index in [-0.39, 0.29) is 15.7 Å². The molecule has 0 fully saturated rings. The first-order valence-electron chi connectivity index (χ1n) is 5.42. The van der Waals surface area contributed by atoms with Gasteiger partial charge in [-0.1, -0.05) is 6.07 Å². The van der Waals surface area contributed by atoms with Crippen LogP contribution in [0.25, 0.3) is 0 Å². The molecular weight excluding hydrogens is 302 g/mol. The lowest BCUT2D eigenvalue weighted by Gasteiger charge is -2.06. The van der Waals surface area contributed by atoms with Gasteiger partial charge in [-0.3, -0.25) is 4.72 Å². The highest BCUT2D eigenvalue weighted by atomic mass is 32.2. The van der Waals surface area contributed by atoms with Gasteiger partial charge in [0, 0.05) is 5.69 Å². The molecule has 1 N–H and O–H groups in total. The summed E-state index contributed by atoms with van der Waals surface area (Å²) in [5, 5.41) is 0. The molecule has 0 spiro atoms. The van der Waals surface area contributed by atoms with Crippen LogP contribution in [0, 0.1) is 6.92 Å². The molecule has 2 heterocycles. The van der Waals surface area contributed by atoms with Crippen LogP contribution in [0.3, 0.4) is 0 Å². The van der Waals surface area contributed by atoms with Crippen LogP contribution in [0.5, 0.6) is 0 Å². The second-order valence-corrected chi connectivity index (χ2v) is 6.48. The number of carbonyl (C=O) groups is 1. The Hall–Kier alpha value is -2.00. The molecule has 0 aliphatic rings. The number of rotatable bonds is 4. The van der Waals surface area contributed by atoms with Crippen LogP contribution in [0.4, 0.5) is 5.82 Å². The van der Waals surface area contributed by atoms with E-state index in [1.807, 2.05) is 0 Å². The Bertz CT molecular complexity index is 740. The molecule has 0 radical (unpaired) electrons. The topological polar surface area (TPSA) is 98.2 Å². The molecular formula is C11H11N3O4S2. The number of aryl methyl sites for hydroxylation is 1. The van der Waals surface area contributed by atoms with Crippen molar-refractivity contribution in [2.45, 2.75) is 11.1 Å². The fourth-order valence-corrected chi connectivity index (χ4v) is 3.58. The first-order chi connectivity index (χ1) is 9.44. The van der Waals surface area contributed by atoms with Crippen LogP contribution >= 0.6 is 11.3 Å². The molecule has 0 aliphatic heterocycles. The first-order valence-corrected chi connectivity index (χ1v) is 7.78. The van der Waals surface area contributed by atoms with Crippen molar-refractivity contribution >= 4 is 33.1 Å². The maximum Gasteiger partial charge on any atom is 0.358 e. The SMILES string of the molecule is COC(=O)c1ncsc1S(=O)(=O)Nc1cccc(C)n1. The maximum absolute atomic E-state index is 12.2. The highest BCUT2D eigenvalue weighted by Crippen LogP contribution is 2.23. The third-order valence-electron chi connectivity index (χ3n) is 2.28. The van der Waals surface area contributed by atoms with Crippen molar-refractivity contribution in [2.75, 3.05) is 11.8 Å². The van der Waals surface area contributed by atoms with Crippen LogP contribution in [-0.4, -0.2) is 31.5 Å². The number of aromatic nitrogens is 2. The predicted molar refractivity (Wildman–Crippen MR) is 73.2 cm³/mol. The highest BCUT2D eigenvalue weighted by molar-refractivity contribution is 7.94. The molecule has 0 atom stereocenters. The van der Waals surface area contributed by atoms with Crippen molar-refractivity contribution in [3.05, 3.63) is 35.1 Å². The third-order valence-corrected chi connectivity index (χ3v) is 5.01. The van der Waals surface area contributed by atoms with Gasteiger partial charge in [0.1, 0.15) is 5.82 Å². The van der Waals surface area contributed by atoms with Crippen molar-refractivity contribution in [3.63, 3.8) is 0 Å². The van der Waals surface area contributed by atoms with Crippen molar-refractivity contribution in [1.82, 2.24) is 9.97 Å². The van der Waals surface area contributed by atoms with Gasteiger partial charge in [-0.15, -0.1) is 11.3 Å².